The number of amides is 1. The number of rotatable bonds is 7. The highest BCUT2D eigenvalue weighted by atomic mass is 16.5. The van der Waals surface area contributed by atoms with Crippen LogP contribution in [0.25, 0.3) is 0 Å². The molecule has 3 rings (SSSR count). The van der Waals surface area contributed by atoms with Gasteiger partial charge >= 0.3 is 0 Å². The Balaban J connectivity index is 1.59. The summed E-state index contributed by atoms with van der Waals surface area (Å²) in [5.74, 6) is 1.81. The van der Waals surface area contributed by atoms with E-state index in [1.165, 1.54) is 5.56 Å². The molecule has 0 unspecified atom stereocenters. The molecule has 0 atom stereocenters. The lowest BCUT2D eigenvalue weighted by atomic mass is 10.1. The molecular formula is C22H23N3O3. The Morgan fingerprint density at radius 1 is 0.929 bits per heavy atom. The molecule has 0 fully saturated rings. The van der Waals surface area contributed by atoms with Crippen LogP contribution in [0.5, 0.6) is 11.5 Å². The first-order chi connectivity index (χ1) is 13.6. The van der Waals surface area contributed by atoms with Crippen molar-refractivity contribution >= 4 is 23.1 Å². The second-order valence-corrected chi connectivity index (χ2v) is 6.34. The van der Waals surface area contributed by atoms with E-state index < -0.39 is 0 Å². The van der Waals surface area contributed by atoms with Crippen molar-refractivity contribution in [3.8, 4) is 11.5 Å². The minimum Gasteiger partial charge on any atom is -0.493 e. The van der Waals surface area contributed by atoms with Crippen LogP contribution in [0.1, 0.15) is 11.1 Å². The SMILES string of the molecule is COc1ccc(CC(=O)Nc2ccc(Nc3ccc(C)cc3)nc2)cc1OC. The molecule has 1 aromatic heterocycles. The Morgan fingerprint density at radius 2 is 1.64 bits per heavy atom. The lowest BCUT2D eigenvalue weighted by molar-refractivity contribution is -0.115. The number of anilines is 3. The molecule has 2 aromatic carbocycles. The summed E-state index contributed by atoms with van der Waals surface area (Å²) in [4.78, 5) is 16.7. The van der Waals surface area contributed by atoms with Crippen LogP contribution < -0.4 is 20.1 Å². The smallest absolute Gasteiger partial charge is 0.228 e. The third-order valence-electron chi connectivity index (χ3n) is 4.18. The number of ether oxygens (including phenoxy) is 2. The third-order valence-corrected chi connectivity index (χ3v) is 4.18. The quantitative estimate of drug-likeness (QED) is 0.641. The zero-order valence-corrected chi connectivity index (χ0v) is 16.2. The van der Waals surface area contributed by atoms with Crippen molar-refractivity contribution in [1.82, 2.24) is 4.98 Å². The zero-order chi connectivity index (χ0) is 19.9. The van der Waals surface area contributed by atoms with Gasteiger partial charge in [0.15, 0.2) is 11.5 Å². The van der Waals surface area contributed by atoms with Crippen LogP contribution in [-0.2, 0) is 11.2 Å². The maximum absolute atomic E-state index is 12.3. The van der Waals surface area contributed by atoms with Crippen molar-refractivity contribution in [1.29, 1.82) is 0 Å². The van der Waals surface area contributed by atoms with Gasteiger partial charge in [-0.1, -0.05) is 23.8 Å². The van der Waals surface area contributed by atoms with Crippen molar-refractivity contribution in [2.75, 3.05) is 24.9 Å². The first-order valence-corrected chi connectivity index (χ1v) is 8.88. The number of nitrogens with zero attached hydrogens (tertiary/aromatic N) is 1. The van der Waals surface area contributed by atoms with Gasteiger partial charge in [-0.05, 0) is 48.9 Å². The minimum absolute atomic E-state index is 0.131. The fourth-order valence-electron chi connectivity index (χ4n) is 2.71. The van der Waals surface area contributed by atoms with Crippen LogP contribution in [-0.4, -0.2) is 25.1 Å². The second kappa shape index (κ2) is 8.90. The first kappa shape index (κ1) is 19.2. The highest BCUT2D eigenvalue weighted by Crippen LogP contribution is 2.27. The molecule has 0 aliphatic rings. The van der Waals surface area contributed by atoms with Gasteiger partial charge in [0.25, 0.3) is 0 Å². The Morgan fingerprint density at radius 3 is 2.29 bits per heavy atom. The number of pyridine rings is 1. The van der Waals surface area contributed by atoms with Gasteiger partial charge in [-0.3, -0.25) is 4.79 Å². The predicted octanol–water partition coefficient (Wildman–Crippen LogP) is 4.33. The van der Waals surface area contributed by atoms with Gasteiger partial charge in [-0.25, -0.2) is 4.98 Å². The molecule has 6 heteroatoms. The highest BCUT2D eigenvalue weighted by molar-refractivity contribution is 5.92. The van der Waals surface area contributed by atoms with Crippen LogP contribution >= 0.6 is 0 Å². The molecule has 0 radical (unpaired) electrons. The van der Waals surface area contributed by atoms with Gasteiger partial charge in [0, 0.05) is 5.69 Å². The summed E-state index contributed by atoms with van der Waals surface area (Å²) in [5, 5.41) is 6.08. The van der Waals surface area contributed by atoms with Gasteiger partial charge < -0.3 is 20.1 Å². The van der Waals surface area contributed by atoms with Crippen LogP contribution in [0.3, 0.4) is 0 Å². The van der Waals surface area contributed by atoms with Crippen LogP contribution in [0.2, 0.25) is 0 Å². The largest absolute Gasteiger partial charge is 0.493 e. The van der Waals surface area contributed by atoms with E-state index in [0.717, 1.165) is 11.3 Å². The normalized spacial score (nSPS) is 10.2. The summed E-state index contributed by atoms with van der Waals surface area (Å²) < 4.78 is 10.5. The van der Waals surface area contributed by atoms with Crippen molar-refractivity contribution < 1.29 is 14.3 Å². The van der Waals surface area contributed by atoms with E-state index in [0.29, 0.717) is 23.0 Å². The predicted molar refractivity (Wildman–Crippen MR) is 111 cm³/mol. The molecular weight excluding hydrogens is 354 g/mol. The van der Waals surface area contributed by atoms with Gasteiger partial charge in [0.1, 0.15) is 5.82 Å². The number of aromatic nitrogens is 1. The number of benzene rings is 2. The molecule has 3 aromatic rings. The molecule has 2 N–H and O–H groups in total. The van der Waals surface area contributed by atoms with E-state index >= 15 is 0 Å². The number of carbonyl (C=O) groups excluding carboxylic acids is 1. The maximum atomic E-state index is 12.3. The number of hydrogen-bond donors (Lipinski definition) is 2. The van der Waals surface area contributed by atoms with Gasteiger partial charge in [0.2, 0.25) is 5.91 Å². The van der Waals surface area contributed by atoms with Crippen molar-refractivity contribution in [3.05, 3.63) is 71.9 Å². The Kier molecular flexibility index (Phi) is 6.11. The summed E-state index contributed by atoms with van der Waals surface area (Å²) in [6, 6.07) is 17.1. The Labute approximate surface area is 164 Å². The van der Waals surface area contributed by atoms with Gasteiger partial charge in [-0.2, -0.15) is 0 Å². The standard InChI is InChI=1S/C22H23N3O3/c1-15-4-7-17(8-5-15)24-21-11-9-18(14-23-21)25-22(26)13-16-6-10-19(27-2)20(12-16)28-3/h4-12,14H,13H2,1-3H3,(H,23,24)(H,25,26). The van der Waals surface area contributed by atoms with Crippen LogP contribution in [0.4, 0.5) is 17.2 Å². The summed E-state index contributed by atoms with van der Waals surface area (Å²) in [7, 11) is 3.15. The summed E-state index contributed by atoms with van der Waals surface area (Å²) in [6.07, 6.45) is 1.85. The molecule has 1 amide bonds. The Hall–Kier alpha value is -3.54. The second-order valence-electron chi connectivity index (χ2n) is 6.34. The summed E-state index contributed by atoms with van der Waals surface area (Å²) >= 11 is 0. The fraction of sp³-hybridized carbons (Fsp3) is 0.182. The van der Waals surface area contributed by atoms with E-state index in [2.05, 4.69) is 15.6 Å². The van der Waals surface area contributed by atoms with Crippen molar-refractivity contribution in [2.45, 2.75) is 13.3 Å². The molecule has 144 valence electrons. The third kappa shape index (κ3) is 5.01. The minimum atomic E-state index is -0.131. The topological polar surface area (TPSA) is 72.5 Å². The van der Waals surface area contributed by atoms with E-state index in [9.17, 15) is 4.79 Å². The molecule has 6 nitrogen and oxygen atoms in total. The van der Waals surface area contributed by atoms with E-state index in [-0.39, 0.29) is 12.3 Å². The monoisotopic (exact) mass is 377 g/mol. The molecule has 28 heavy (non-hydrogen) atoms. The number of carbonyl (C=O) groups is 1. The number of hydrogen-bond acceptors (Lipinski definition) is 5. The maximum Gasteiger partial charge on any atom is 0.228 e. The lowest BCUT2D eigenvalue weighted by Gasteiger charge is -2.10. The highest BCUT2D eigenvalue weighted by Gasteiger charge is 2.09. The average molecular weight is 377 g/mol. The van der Waals surface area contributed by atoms with Crippen molar-refractivity contribution in [2.24, 2.45) is 0 Å². The molecule has 0 aliphatic carbocycles. The van der Waals surface area contributed by atoms with Gasteiger partial charge in [-0.15, -0.1) is 0 Å². The molecule has 0 aliphatic heterocycles. The van der Waals surface area contributed by atoms with Crippen LogP contribution in [0, 0.1) is 6.92 Å². The van der Waals surface area contributed by atoms with E-state index in [1.807, 2.05) is 49.4 Å². The molecule has 0 spiro atoms. The molecule has 0 bridgehead atoms. The molecule has 0 saturated heterocycles. The number of methoxy groups -OCH3 is 2. The first-order valence-electron chi connectivity index (χ1n) is 8.88. The van der Waals surface area contributed by atoms with Crippen LogP contribution in [0.15, 0.2) is 60.8 Å². The Bertz CT molecular complexity index is 938. The van der Waals surface area contributed by atoms with E-state index in [1.54, 1.807) is 32.5 Å². The van der Waals surface area contributed by atoms with Crippen molar-refractivity contribution in [3.63, 3.8) is 0 Å². The molecule has 0 saturated carbocycles. The van der Waals surface area contributed by atoms with Gasteiger partial charge in [0.05, 0.1) is 32.5 Å². The average Bonchev–Trinajstić information content (AvgIpc) is 2.71. The van der Waals surface area contributed by atoms with E-state index in [4.69, 9.17) is 9.47 Å². The summed E-state index contributed by atoms with van der Waals surface area (Å²) in [6.45, 7) is 2.04. The fourth-order valence-corrected chi connectivity index (χ4v) is 2.71. The summed E-state index contributed by atoms with van der Waals surface area (Å²) in [5.41, 5.74) is 3.63. The zero-order valence-electron chi connectivity index (χ0n) is 16.2. The number of aryl methyl sites for hydroxylation is 1. The lowest BCUT2D eigenvalue weighted by Crippen LogP contribution is -2.14. The molecule has 1 heterocycles. The number of nitrogens with one attached hydrogen (secondary N) is 2.